The summed E-state index contributed by atoms with van der Waals surface area (Å²) in [5.74, 6) is 0.331. The topological polar surface area (TPSA) is 117 Å². The van der Waals surface area contributed by atoms with Gasteiger partial charge in [-0.05, 0) is 53.6 Å². The van der Waals surface area contributed by atoms with E-state index in [2.05, 4.69) is 4.98 Å². The molecule has 3 aliphatic heterocycles. The average Bonchev–Trinajstić information content (AvgIpc) is 3.63. The third kappa shape index (κ3) is 3.46. The first kappa shape index (κ1) is 21.8. The molecule has 10 heteroatoms. The van der Waals surface area contributed by atoms with Gasteiger partial charge in [-0.15, -0.1) is 0 Å². The number of benzene rings is 2. The number of aliphatic hydroxyl groups is 1. The van der Waals surface area contributed by atoms with Gasteiger partial charge in [0.15, 0.2) is 23.0 Å². The van der Waals surface area contributed by atoms with Crippen molar-refractivity contribution in [3.05, 3.63) is 77.1 Å². The number of carbonyl (C=O) groups is 2. The van der Waals surface area contributed by atoms with E-state index in [-0.39, 0.29) is 31.5 Å². The number of fused-ring (bicyclic) bond motifs is 2. The van der Waals surface area contributed by atoms with Crippen LogP contribution in [0.3, 0.4) is 0 Å². The van der Waals surface area contributed by atoms with Crippen LogP contribution in [0, 0.1) is 0 Å². The Bertz CT molecular complexity index is 1420. The van der Waals surface area contributed by atoms with Crippen LogP contribution in [0.2, 0.25) is 0 Å². The van der Waals surface area contributed by atoms with Gasteiger partial charge in [0.25, 0.3) is 11.7 Å². The largest absolute Gasteiger partial charge is 0.507 e. The Balaban J connectivity index is 1.52. The lowest BCUT2D eigenvalue weighted by Gasteiger charge is -2.26. The van der Waals surface area contributed by atoms with Gasteiger partial charge in [-0.25, -0.2) is 0 Å². The maximum absolute atomic E-state index is 13.4. The first-order chi connectivity index (χ1) is 17.5. The van der Waals surface area contributed by atoms with Crippen molar-refractivity contribution in [1.29, 1.82) is 0 Å². The van der Waals surface area contributed by atoms with Crippen molar-refractivity contribution in [3.63, 3.8) is 0 Å². The summed E-state index contributed by atoms with van der Waals surface area (Å²) in [5.41, 5.74) is 1.55. The van der Waals surface area contributed by atoms with Gasteiger partial charge >= 0.3 is 0 Å². The fourth-order valence-electron chi connectivity index (χ4n) is 4.58. The number of Topliss-reactive ketones (excluding diaryl/α,β-unsaturated/α-hetero) is 1. The number of ketones is 1. The molecule has 1 fully saturated rings. The highest BCUT2D eigenvalue weighted by molar-refractivity contribution is 6.46. The zero-order chi connectivity index (χ0) is 24.8. The van der Waals surface area contributed by atoms with Crippen molar-refractivity contribution >= 4 is 17.4 Å². The van der Waals surface area contributed by atoms with E-state index in [0.29, 0.717) is 39.9 Å². The molecule has 1 atom stereocenters. The van der Waals surface area contributed by atoms with Crippen molar-refractivity contribution in [2.75, 3.05) is 20.7 Å². The molecule has 0 saturated carbocycles. The van der Waals surface area contributed by atoms with Crippen molar-refractivity contribution in [1.82, 2.24) is 9.88 Å². The Hall–Kier alpha value is -4.73. The van der Waals surface area contributed by atoms with Crippen LogP contribution in [0.5, 0.6) is 28.7 Å². The molecule has 10 nitrogen and oxygen atoms in total. The van der Waals surface area contributed by atoms with Crippen molar-refractivity contribution in [2.24, 2.45) is 0 Å². The summed E-state index contributed by atoms with van der Waals surface area (Å²) >= 11 is 0. The van der Waals surface area contributed by atoms with Crippen LogP contribution in [-0.2, 0) is 16.1 Å². The number of amides is 1. The zero-order valence-electron chi connectivity index (χ0n) is 19.1. The van der Waals surface area contributed by atoms with E-state index >= 15 is 0 Å². The van der Waals surface area contributed by atoms with Gasteiger partial charge in [0.2, 0.25) is 19.3 Å². The van der Waals surface area contributed by atoms with E-state index in [1.54, 1.807) is 54.9 Å². The first-order valence-electron chi connectivity index (χ1n) is 11.1. The lowest BCUT2D eigenvalue weighted by molar-refractivity contribution is -0.140. The highest BCUT2D eigenvalue weighted by atomic mass is 16.7. The second-order valence-corrected chi connectivity index (χ2v) is 8.31. The van der Waals surface area contributed by atoms with E-state index < -0.39 is 17.7 Å². The highest BCUT2D eigenvalue weighted by Gasteiger charge is 2.47. The van der Waals surface area contributed by atoms with Gasteiger partial charge in [0.05, 0.1) is 18.7 Å². The van der Waals surface area contributed by atoms with E-state index in [4.69, 9.17) is 23.7 Å². The lowest BCUT2D eigenvalue weighted by Crippen LogP contribution is -2.29. The van der Waals surface area contributed by atoms with Crippen LogP contribution in [0.1, 0.15) is 22.7 Å². The van der Waals surface area contributed by atoms with E-state index in [9.17, 15) is 14.7 Å². The molecule has 3 aliphatic rings. The SMILES string of the molecule is COc1cc(C2/C(=C(\O)c3ccc4c(c3)OCO4)C(=O)C(=O)N2Cc2ccncc2)cc2c1OCO2. The average molecular weight is 488 g/mol. The Morgan fingerprint density at radius 3 is 2.56 bits per heavy atom. The number of hydrogen-bond acceptors (Lipinski definition) is 9. The Labute approximate surface area is 205 Å². The maximum Gasteiger partial charge on any atom is 0.295 e. The molecule has 1 aromatic heterocycles. The molecule has 1 N–H and O–H groups in total. The van der Waals surface area contributed by atoms with Crippen LogP contribution in [0.15, 0.2) is 60.4 Å². The van der Waals surface area contributed by atoms with E-state index in [0.717, 1.165) is 5.56 Å². The van der Waals surface area contributed by atoms with Crippen LogP contribution < -0.4 is 23.7 Å². The van der Waals surface area contributed by atoms with Gasteiger partial charge in [0, 0.05) is 24.5 Å². The van der Waals surface area contributed by atoms with E-state index in [1.807, 2.05) is 0 Å². The van der Waals surface area contributed by atoms with Crippen LogP contribution in [0.4, 0.5) is 0 Å². The predicted molar refractivity (Wildman–Crippen MR) is 124 cm³/mol. The molecule has 36 heavy (non-hydrogen) atoms. The molecular weight excluding hydrogens is 468 g/mol. The summed E-state index contributed by atoms with van der Waals surface area (Å²) in [6.45, 7) is 0.197. The number of pyridine rings is 1. The molecule has 4 heterocycles. The summed E-state index contributed by atoms with van der Waals surface area (Å²) in [7, 11) is 1.49. The van der Waals surface area contributed by atoms with Gasteiger partial charge in [-0.1, -0.05) is 0 Å². The number of aliphatic hydroxyl groups excluding tert-OH is 1. The van der Waals surface area contributed by atoms with Gasteiger partial charge in [-0.2, -0.15) is 0 Å². The fraction of sp³-hybridized carbons (Fsp3) is 0.192. The van der Waals surface area contributed by atoms with Gasteiger partial charge in [0.1, 0.15) is 5.76 Å². The van der Waals surface area contributed by atoms with Crippen molar-refractivity contribution in [3.8, 4) is 28.7 Å². The van der Waals surface area contributed by atoms with Crippen LogP contribution in [0.25, 0.3) is 5.76 Å². The molecule has 2 aromatic carbocycles. The number of likely N-dealkylation sites (tertiary alicyclic amines) is 1. The second-order valence-electron chi connectivity index (χ2n) is 8.31. The Morgan fingerprint density at radius 1 is 1.00 bits per heavy atom. The predicted octanol–water partition coefficient (Wildman–Crippen LogP) is 3.17. The minimum Gasteiger partial charge on any atom is -0.507 e. The summed E-state index contributed by atoms with van der Waals surface area (Å²) < 4.78 is 27.3. The monoisotopic (exact) mass is 488 g/mol. The van der Waals surface area contributed by atoms with Crippen molar-refractivity contribution in [2.45, 2.75) is 12.6 Å². The molecule has 1 unspecified atom stereocenters. The quantitative estimate of drug-likeness (QED) is 0.328. The third-order valence-corrected chi connectivity index (χ3v) is 6.28. The number of carbonyl (C=O) groups excluding carboxylic acids is 2. The summed E-state index contributed by atoms with van der Waals surface area (Å²) in [6, 6.07) is 10.8. The van der Waals surface area contributed by atoms with E-state index in [1.165, 1.54) is 12.0 Å². The minimum absolute atomic E-state index is 0.0174. The molecule has 3 aromatic rings. The number of aromatic nitrogens is 1. The van der Waals surface area contributed by atoms with Crippen LogP contribution in [-0.4, -0.2) is 47.4 Å². The van der Waals surface area contributed by atoms with Crippen LogP contribution >= 0.6 is 0 Å². The fourth-order valence-corrected chi connectivity index (χ4v) is 4.58. The molecular formula is C26H20N2O8. The Kier molecular flexibility index (Phi) is 5.14. The minimum atomic E-state index is -0.924. The lowest BCUT2D eigenvalue weighted by atomic mass is 9.94. The summed E-state index contributed by atoms with van der Waals surface area (Å²) in [5, 5.41) is 11.4. The zero-order valence-corrected chi connectivity index (χ0v) is 19.1. The van der Waals surface area contributed by atoms with Gasteiger partial charge in [-0.3, -0.25) is 14.6 Å². The summed E-state index contributed by atoms with van der Waals surface area (Å²) in [6.07, 6.45) is 3.22. The summed E-state index contributed by atoms with van der Waals surface area (Å²) in [4.78, 5) is 32.1. The first-order valence-corrected chi connectivity index (χ1v) is 11.1. The molecule has 0 aliphatic carbocycles. The number of rotatable bonds is 5. The number of hydrogen-bond donors (Lipinski definition) is 1. The highest BCUT2D eigenvalue weighted by Crippen LogP contribution is 2.48. The number of nitrogens with zero attached hydrogens (tertiary/aromatic N) is 2. The molecule has 0 radical (unpaired) electrons. The normalized spacial score (nSPS) is 19.1. The molecule has 0 bridgehead atoms. The Morgan fingerprint density at radius 2 is 1.75 bits per heavy atom. The maximum atomic E-state index is 13.4. The number of ether oxygens (including phenoxy) is 5. The standard InChI is InChI=1S/C26H20N2O8/c1-32-19-9-16(10-20-25(19)36-13-35-20)22-21(23(29)15-2-3-17-18(8-15)34-12-33-17)24(30)26(31)28(22)11-14-4-6-27-7-5-14/h2-10,22,29H,11-13H2,1H3/b23-21+. The third-order valence-electron chi connectivity index (χ3n) is 6.28. The molecule has 182 valence electrons. The number of methoxy groups -OCH3 is 1. The molecule has 6 rings (SSSR count). The van der Waals surface area contributed by atoms with Crippen molar-refractivity contribution < 1.29 is 38.4 Å². The molecule has 1 amide bonds. The smallest absolute Gasteiger partial charge is 0.295 e. The van der Waals surface area contributed by atoms with Gasteiger partial charge < -0.3 is 33.7 Å². The molecule has 1 saturated heterocycles. The second kappa shape index (κ2) is 8.49. The molecule has 0 spiro atoms.